The zero-order valence-corrected chi connectivity index (χ0v) is 16.2. The third-order valence-electron chi connectivity index (χ3n) is 4.12. The molecule has 8 heteroatoms. The van der Waals surface area contributed by atoms with Gasteiger partial charge in [-0.1, -0.05) is 42.3 Å². The predicted octanol–water partition coefficient (Wildman–Crippen LogP) is 3.91. The fraction of sp³-hybridized carbons (Fsp3) is 0.200. The zero-order valence-electron chi connectivity index (χ0n) is 15.5. The van der Waals surface area contributed by atoms with Crippen LogP contribution < -0.4 is 5.32 Å². The molecule has 1 N–H and O–H groups in total. The Morgan fingerprint density at radius 1 is 1.14 bits per heavy atom. The van der Waals surface area contributed by atoms with Crippen LogP contribution in [0.15, 0.2) is 48.5 Å². The van der Waals surface area contributed by atoms with E-state index in [0.29, 0.717) is 22.8 Å². The molecule has 0 aliphatic heterocycles. The largest absolute Gasteiger partial charge is 0.465 e. The summed E-state index contributed by atoms with van der Waals surface area (Å²) in [6.45, 7) is 2.01. The number of rotatable bonds is 6. The van der Waals surface area contributed by atoms with Crippen LogP contribution >= 0.6 is 11.6 Å². The first-order valence-electron chi connectivity index (χ1n) is 8.74. The SMILES string of the molecule is CCCc1c(C(=O)Nc2ccccc2C(=O)OC)nnn1-c1ccc(Cl)cc1. The summed E-state index contributed by atoms with van der Waals surface area (Å²) in [7, 11) is 1.29. The standard InChI is InChI=1S/C20H19ClN4O3/c1-3-6-17-18(23-24-25(17)14-11-9-13(21)10-12-14)19(26)22-16-8-5-4-7-15(16)20(27)28-2/h4-5,7-12H,3,6H2,1-2H3,(H,22,26). The molecule has 2 aromatic carbocycles. The lowest BCUT2D eigenvalue weighted by molar-refractivity contribution is 0.0602. The van der Waals surface area contributed by atoms with Crippen LogP contribution in [0.5, 0.6) is 0 Å². The van der Waals surface area contributed by atoms with Gasteiger partial charge in [0, 0.05) is 5.02 Å². The zero-order chi connectivity index (χ0) is 20.1. The minimum atomic E-state index is -0.533. The average Bonchev–Trinajstić information content (AvgIpc) is 3.12. The molecule has 0 aliphatic carbocycles. The van der Waals surface area contributed by atoms with E-state index in [1.807, 2.05) is 19.1 Å². The lowest BCUT2D eigenvalue weighted by Crippen LogP contribution is -2.18. The summed E-state index contributed by atoms with van der Waals surface area (Å²) in [6, 6.07) is 13.8. The molecule has 0 bridgehead atoms. The van der Waals surface area contributed by atoms with Crippen molar-refractivity contribution in [1.29, 1.82) is 0 Å². The Kier molecular flexibility index (Phi) is 6.06. The van der Waals surface area contributed by atoms with Crippen molar-refractivity contribution in [3.8, 4) is 5.69 Å². The number of carbonyl (C=O) groups excluding carboxylic acids is 2. The van der Waals surface area contributed by atoms with Crippen molar-refractivity contribution in [2.75, 3.05) is 12.4 Å². The number of hydrogen-bond acceptors (Lipinski definition) is 5. The number of ether oxygens (including phenoxy) is 1. The molecule has 3 aromatic rings. The minimum absolute atomic E-state index is 0.205. The van der Waals surface area contributed by atoms with Gasteiger partial charge in [-0.2, -0.15) is 0 Å². The maximum absolute atomic E-state index is 12.9. The summed E-state index contributed by atoms with van der Waals surface area (Å²) in [5, 5.41) is 11.6. The van der Waals surface area contributed by atoms with Crippen LogP contribution in [0.25, 0.3) is 5.69 Å². The maximum Gasteiger partial charge on any atom is 0.339 e. The van der Waals surface area contributed by atoms with E-state index in [2.05, 4.69) is 15.6 Å². The number of nitrogens with one attached hydrogen (secondary N) is 1. The second kappa shape index (κ2) is 8.67. The van der Waals surface area contributed by atoms with E-state index in [0.717, 1.165) is 12.1 Å². The number of halogens is 1. The first-order valence-corrected chi connectivity index (χ1v) is 9.12. The fourth-order valence-corrected chi connectivity index (χ4v) is 2.92. The molecular formula is C20H19ClN4O3. The molecule has 0 fully saturated rings. The molecule has 28 heavy (non-hydrogen) atoms. The van der Waals surface area contributed by atoms with Crippen molar-refractivity contribution in [2.45, 2.75) is 19.8 Å². The van der Waals surface area contributed by atoms with E-state index in [1.165, 1.54) is 7.11 Å². The highest BCUT2D eigenvalue weighted by Gasteiger charge is 2.22. The number of nitrogens with zero attached hydrogens (tertiary/aromatic N) is 3. The first-order chi connectivity index (χ1) is 13.5. The number of para-hydroxylation sites is 1. The monoisotopic (exact) mass is 398 g/mol. The van der Waals surface area contributed by atoms with Gasteiger partial charge in [0.05, 0.1) is 29.7 Å². The highest BCUT2D eigenvalue weighted by Crippen LogP contribution is 2.20. The Morgan fingerprint density at radius 2 is 1.86 bits per heavy atom. The van der Waals surface area contributed by atoms with Gasteiger partial charge in [-0.25, -0.2) is 9.48 Å². The number of benzene rings is 2. The molecule has 7 nitrogen and oxygen atoms in total. The van der Waals surface area contributed by atoms with E-state index in [1.54, 1.807) is 41.1 Å². The van der Waals surface area contributed by atoms with Crippen molar-refractivity contribution in [3.63, 3.8) is 0 Å². The molecule has 1 amide bonds. The molecule has 0 radical (unpaired) electrons. The Hall–Kier alpha value is -3.19. The van der Waals surface area contributed by atoms with E-state index in [-0.39, 0.29) is 11.3 Å². The number of aromatic nitrogens is 3. The Morgan fingerprint density at radius 3 is 2.54 bits per heavy atom. The second-order valence-corrected chi connectivity index (χ2v) is 6.45. The molecule has 0 spiro atoms. The molecule has 1 heterocycles. The number of anilines is 1. The van der Waals surface area contributed by atoms with Gasteiger partial charge in [0.2, 0.25) is 0 Å². The molecule has 1 aromatic heterocycles. The quantitative estimate of drug-likeness (QED) is 0.636. The van der Waals surface area contributed by atoms with Gasteiger partial charge >= 0.3 is 5.97 Å². The first kappa shape index (κ1) is 19.6. The number of esters is 1. The van der Waals surface area contributed by atoms with E-state index < -0.39 is 11.9 Å². The number of amides is 1. The van der Waals surface area contributed by atoms with Crippen LogP contribution in [0, 0.1) is 0 Å². The van der Waals surface area contributed by atoms with Gasteiger partial charge in [-0.3, -0.25) is 4.79 Å². The third-order valence-corrected chi connectivity index (χ3v) is 4.37. The summed E-state index contributed by atoms with van der Waals surface area (Å²) in [5.41, 5.74) is 2.26. The van der Waals surface area contributed by atoms with Gasteiger partial charge in [-0.15, -0.1) is 5.10 Å². The molecule has 3 rings (SSSR count). The summed E-state index contributed by atoms with van der Waals surface area (Å²) in [4.78, 5) is 24.8. The van der Waals surface area contributed by atoms with Crippen LogP contribution in [0.3, 0.4) is 0 Å². The van der Waals surface area contributed by atoms with Crippen molar-refractivity contribution >= 4 is 29.2 Å². The van der Waals surface area contributed by atoms with E-state index in [4.69, 9.17) is 16.3 Å². The maximum atomic E-state index is 12.9. The lowest BCUT2D eigenvalue weighted by Gasteiger charge is -2.10. The molecule has 0 unspecified atom stereocenters. The van der Waals surface area contributed by atoms with E-state index >= 15 is 0 Å². The molecule has 0 saturated carbocycles. The molecule has 0 aliphatic rings. The number of methoxy groups -OCH3 is 1. The average molecular weight is 399 g/mol. The number of hydrogen-bond donors (Lipinski definition) is 1. The summed E-state index contributed by atoms with van der Waals surface area (Å²) >= 11 is 5.95. The van der Waals surface area contributed by atoms with Crippen LogP contribution in [-0.4, -0.2) is 34.0 Å². The van der Waals surface area contributed by atoms with Gasteiger partial charge < -0.3 is 10.1 Å². The molecular weight excluding hydrogens is 380 g/mol. The summed E-state index contributed by atoms with van der Waals surface area (Å²) in [6.07, 6.45) is 1.41. The van der Waals surface area contributed by atoms with Gasteiger partial charge in [0.25, 0.3) is 5.91 Å². The minimum Gasteiger partial charge on any atom is -0.465 e. The molecule has 0 saturated heterocycles. The highest BCUT2D eigenvalue weighted by atomic mass is 35.5. The van der Waals surface area contributed by atoms with Gasteiger partial charge in [0.15, 0.2) is 5.69 Å². The summed E-state index contributed by atoms with van der Waals surface area (Å²) < 4.78 is 6.39. The summed E-state index contributed by atoms with van der Waals surface area (Å²) in [5.74, 6) is -0.977. The highest BCUT2D eigenvalue weighted by molar-refractivity contribution is 6.30. The molecule has 0 atom stereocenters. The van der Waals surface area contributed by atoms with Crippen molar-refractivity contribution in [3.05, 3.63) is 70.5 Å². The Balaban J connectivity index is 1.95. The molecule has 144 valence electrons. The van der Waals surface area contributed by atoms with Crippen LogP contribution in [0.4, 0.5) is 5.69 Å². The lowest BCUT2D eigenvalue weighted by atomic mass is 10.1. The van der Waals surface area contributed by atoms with Crippen LogP contribution in [0.1, 0.15) is 39.9 Å². The smallest absolute Gasteiger partial charge is 0.339 e. The van der Waals surface area contributed by atoms with Gasteiger partial charge in [-0.05, 0) is 42.8 Å². The third kappa shape index (κ3) is 4.04. The van der Waals surface area contributed by atoms with Crippen LogP contribution in [0.2, 0.25) is 5.02 Å². The van der Waals surface area contributed by atoms with E-state index in [9.17, 15) is 9.59 Å². The number of carbonyl (C=O) groups is 2. The van der Waals surface area contributed by atoms with Crippen molar-refractivity contribution < 1.29 is 14.3 Å². The van der Waals surface area contributed by atoms with Crippen molar-refractivity contribution in [2.24, 2.45) is 0 Å². The van der Waals surface area contributed by atoms with Gasteiger partial charge in [0.1, 0.15) is 0 Å². The Labute approximate surface area is 167 Å². The van der Waals surface area contributed by atoms with Crippen LogP contribution in [-0.2, 0) is 11.2 Å². The Bertz CT molecular complexity index is 999. The second-order valence-electron chi connectivity index (χ2n) is 6.01. The van der Waals surface area contributed by atoms with Crippen molar-refractivity contribution in [1.82, 2.24) is 15.0 Å². The normalized spacial score (nSPS) is 10.5. The fourth-order valence-electron chi connectivity index (χ4n) is 2.79. The predicted molar refractivity (Wildman–Crippen MR) is 106 cm³/mol. The topological polar surface area (TPSA) is 86.1 Å².